The first-order valence-electron chi connectivity index (χ1n) is 4.87. The molecule has 0 aromatic heterocycles. The monoisotopic (exact) mass is 154 g/mol. The Morgan fingerprint density at radius 3 is 2.45 bits per heavy atom. The maximum Gasteiger partial charge on any atom is 0.0432 e. The van der Waals surface area contributed by atoms with Gasteiger partial charge in [0.25, 0.3) is 0 Å². The van der Waals surface area contributed by atoms with Gasteiger partial charge in [-0.15, -0.1) is 0 Å². The molecule has 0 radical (unpaired) electrons. The zero-order valence-electron chi connectivity index (χ0n) is 7.16. The van der Waals surface area contributed by atoms with Crippen molar-refractivity contribution >= 4 is 0 Å². The molecular weight excluding hydrogens is 136 g/mol. The van der Waals surface area contributed by atoms with Crippen LogP contribution in [-0.2, 0) is 0 Å². The van der Waals surface area contributed by atoms with Crippen molar-refractivity contribution in [2.75, 3.05) is 19.6 Å². The third-order valence-electron chi connectivity index (χ3n) is 3.01. The van der Waals surface area contributed by atoms with E-state index < -0.39 is 0 Å². The van der Waals surface area contributed by atoms with E-state index in [1.807, 2.05) is 0 Å². The van der Waals surface area contributed by atoms with Gasteiger partial charge in [-0.25, -0.2) is 0 Å². The van der Waals surface area contributed by atoms with E-state index in [0.29, 0.717) is 5.54 Å². The maximum atomic E-state index is 3.67. The quantitative estimate of drug-likeness (QED) is 0.541. The molecule has 0 bridgehead atoms. The van der Waals surface area contributed by atoms with E-state index in [9.17, 15) is 0 Å². The van der Waals surface area contributed by atoms with Gasteiger partial charge in [0.05, 0.1) is 0 Å². The summed E-state index contributed by atoms with van der Waals surface area (Å²) in [6.45, 7) is 3.64. The van der Waals surface area contributed by atoms with Crippen LogP contribution in [-0.4, -0.2) is 25.2 Å². The average molecular weight is 154 g/mol. The fourth-order valence-corrected chi connectivity index (χ4v) is 2.11. The third-order valence-corrected chi connectivity index (χ3v) is 3.01. The van der Waals surface area contributed by atoms with E-state index in [4.69, 9.17) is 0 Å². The Morgan fingerprint density at radius 2 is 1.73 bits per heavy atom. The molecule has 1 spiro atoms. The highest BCUT2D eigenvalue weighted by Gasteiger charge is 2.35. The van der Waals surface area contributed by atoms with Crippen LogP contribution in [0, 0.1) is 0 Å². The standard InChI is InChI=1S/C9H18N2/c1-2-4-6-11-9(5-3-1)7-10-8-9/h10-11H,1-8H2. The Hall–Kier alpha value is -0.0800. The van der Waals surface area contributed by atoms with Crippen molar-refractivity contribution in [2.24, 2.45) is 0 Å². The van der Waals surface area contributed by atoms with Crippen LogP contribution in [0.4, 0.5) is 0 Å². The van der Waals surface area contributed by atoms with Crippen LogP contribution in [0.2, 0.25) is 0 Å². The van der Waals surface area contributed by atoms with Crippen molar-refractivity contribution in [3.05, 3.63) is 0 Å². The summed E-state index contributed by atoms with van der Waals surface area (Å²) in [5.41, 5.74) is 0.514. The summed E-state index contributed by atoms with van der Waals surface area (Å²) in [6, 6.07) is 0. The fourth-order valence-electron chi connectivity index (χ4n) is 2.11. The van der Waals surface area contributed by atoms with E-state index in [2.05, 4.69) is 10.6 Å². The Balaban J connectivity index is 1.86. The summed E-state index contributed by atoms with van der Waals surface area (Å²) in [5.74, 6) is 0. The van der Waals surface area contributed by atoms with Crippen LogP contribution in [0.15, 0.2) is 0 Å². The van der Waals surface area contributed by atoms with Gasteiger partial charge in [0.1, 0.15) is 0 Å². The summed E-state index contributed by atoms with van der Waals surface area (Å²) in [4.78, 5) is 0. The Kier molecular flexibility index (Phi) is 2.14. The molecule has 2 aliphatic rings. The molecule has 0 atom stereocenters. The molecule has 0 aromatic carbocycles. The van der Waals surface area contributed by atoms with Crippen molar-refractivity contribution in [1.82, 2.24) is 10.6 Å². The van der Waals surface area contributed by atoms with Gasteiger partial charge in [0.15, 0.2) is 0 Å². The minimum Gasteiger partial charge on any atom is -0.313 e. The molecule has 0 aromatic rings. The number of hydrogen-bond acceptors (Lipinski definition) is 2. The van der Waals surface area contributed by atoms with Crippen molar-refractivity contribution < 1.29 is 0 Å². The predicted octanol–water partition coefficient (Wildman–Crippen LogP) is 0.882. The first kappa shape index (κ1) is 7.56. The average Bonchev–Trinajstić information content (AvgIpc) is 1.82. The van der Waals surface area contributed by atoms with Gasteiger partial charge in [0, 0.05) is 18.6 Å². The third kappa shape index (κ3) is 1.57. The molecule has 2 nitrogen and oxygen atoms in total. The molecule has 2 fully saturated rings. The Bertz CT molecular complexity index is 120. The molecule has 2 heterocycles. The normalized spacial score (nSPS) is 30.5. The van der Waals surface area contributed by atoms with E-state index in [1.165, 1.54) is 51.7 Å². The van der Waals surface area contributed by atoms with Crippen LogP contribution in [0.1, 0.15) is 32.1 Å². The molecule has 2 heteroatoms. The molecule has 0 aliphatic carbocycles. The second-order valence-corrected chi connectivity index (χ2v) is 3.97. The van der Waals surface area contributed by atoms with Crippen molar-refractivity contribution in [3.8, 4) is 0 Å². The molecule has 2 saturated heterocycles. The smallest absolute Gasteiger partial charge is 0.0432 e. The first-order valence-corrected chi connectivity index (χ1v) is 4.87. The van der Waals surface area contributed by atoms with Crippen molar-refractivity contribution in [2.45, 2.75) is 37.6 Å². The lowest BCUT2D eigenvalue weighted by Crippen LogP contribution is -2.68. The van der Waals surface area contributed by atoms with Crippen LogP contribution >= 0.6 is 0 Å². The molecule has 2 aliphatic heterocycles. The van der Waals surface area contributed by atoms with Crippen LogP contribution in [0.25, 0.3) is 0 Å². The molecule has 2 N–H and O–H groups in total. The van der Waals surface area contributed by atoms with Gasteiger partial charge in [-0.2, -0.15) is 0 Å². The number of hydrogen-bond donors (Lipinski definition) is 2. The van der Waals surface area contributed by atoms with Crippen molar-refractivity contribution in [3.63, 3.8) is 0 Å². The molecule has 0 saturated carbocycles. The highest BCUT2D eigenvalue weighted by molar-refractivity contribution is 5.00. The molecule has 0 unspecified atom stereocenters. The summed E-state index contributed by atoms with van der Waals surface area (Å²) in [6.07, 6.45) is 7.07. The summed E-state index contributed by atoms with van der Waals surface area (Å²) < 4.78 is 0. The molecule has 2 rings (SSSR count). The highest BCUT2D eigenvalue weighted by atomic mass is 15.1. The molecule has 11 heavy (non-hydrogen) atoms. The topological polar surface area (TPSA) is 24.1 Å². The second-order valence-electron chi connectivity index (χ2n) is 3.97. The lowest BCUT2D eigenvalue weighted by atomic mass is 9.85. The lowest BCUT2D eigenvalue weighted by molar-refractivity contribution is 0.184. The van der Waals surface area contributed by atoms with E-state index >= 15 is 0 Å². The first-order chi connectivity index (χ1) is 5.41. The van der Waals surface area contributed by atoms with E-state index in [-0.39, 0.29) is 0 Å². The van der Waals surface area contributed by atoms with Gasteiger partial charge >= 0.3 is 0 Å². The fraction of sp³-hybridized carbons (Fsp3) is 1.00. The van der Waals surface area contributed by atoms with Gasteiger partial charge in [0.2, 0.25) is 0 Å². The van der Waals surface area contributed by atoms with Crippen molar-refractivity contribution in [1.29, 1.82) is 0 Å². The molecule has 64 valence electrons. The lowest BCUT2D eigenvalue weighted by Gasteiger charge is -2.44. The van der Waals surface area contributed by atoms with Crippen LogP contribution in [0.5, 0.6) is 0 Å². The highest BCUT2D eigenvalue weighted by Crippen LogP contribution is 2.21. The molecular formula is C9H18N2. The van der Waals surface area contributed by atoms with Gasteiger partial charge < -0.3 is 10.6 Å². The SMILES string of the molecule is C1CCCC2(CNC2)NCC1. The Labute approximate surface area is 68.7 Å². The summed E-state index contributed by atoms with van der Waals surface area (Å²) in [5, 5.41) is 7.03. The van der Waals surface area contributed by atoms with Gasteiger partial charge in [-0.1, -0.05) is 19.3 Å². The second kappa shape index (κ2) is 3.11. The zero-order chi connectivity index (χ0) is 7.57. The zero-order valence-corrected chi connectivity index (χ0v) is 7.16. The maximum absolute atomic E-state index is 3.67. The van der Waals surface area contributed by atoms with E-state index in [1.54, 1.807) is 0 Å². The van der Waals surface area contributed by atoms with Crippen LogP contribution in [0.3, 0.4) is 0 Å². The predicted molar refractivity (Wildman–Crippen MR) is 46.7 cm³/mol. The Morgan fingerprint density at radius 1 is 0.909 bits per heavy atom. The number of rotatable bonds is 0. The van der Waals surface area contributed by atoms with Crippen LogP contribution < -0.4 is 10.6 Å². The summed E-state index contributed by atoms with van der Waals surface area (Å²) >= 11 is 0. The summed E-state index contributed by atoms with van der Waals surface area (Å²) in [7, 11) is 0. The van der Waals surface area contributed by atoms with E-state index in [0.717, 1.165) is 0 Å². The minimum atomic E-state index is 0.514. The van der Waals surface area contributed by atoms with Gasteiger partial charge in [-0.05, 0) is 19.4 Å². The number of nitrogens with one attached hydrogen (secondary N) is 2. The minimum absolute atomic E-state index is 0.514. The largest absolute Gasteiger partial charge is 0.313 e. The van der Waals surface area contributed by atoms with Gasteiger partial charge in [-0.3, -0.25) is 0 Å². The molecule has 0 amide bonds.